The summed E-state index contributed by atoms with van der Waals surface area (Å²) in [7, 11) is 0. The van der Waals surface area contributed by atoms with Gasteiger partial charge in [-0.25, -0.2) is 4.79 Å². The number of hydrogen-bond acceptors (Lipinski definition) is 3. The van der Waals surface area contributed by atoms with Crippen molar-refractivity contribution in [3.05, 3.63) is 54.1 Å². The number of para-hydroxylation sites is 3. The average molecular weight is 379 g/mol. The normalized spacial score (nSPS) is 17.6. The first-order chi connectivity index (χ1) is 13.6. The van der Waals surface area contributed by atoms with Gasteiger partial charge >= 0.3 is 6.03 Å². The van der Waals surface area contributed by atoms with Crippen LogP contribution in [-0.4, -0.2) is 42.6 Å². The van der Waals surface area contributed by atoms with E-state index in [1.54, 1.807) is 0 Å². The summed E-state index contributed by atoms with van der Waals surface area (Å²) < 4.78 is 0. The summed E-state index contributed by atoms with van der Waals surface area (Å²) in [5.74, 6) is 0. The molecule has 0 unspecified atom stereocenters. The maximum atomic E-state index is 12.7. The second-order valence-electron chi connectivity index (χ2n) is 8.05. The Morgan fingerprint density at radius 1 is 0.964 bits per heavy atom. The molecule has 0 saturated carbocycles. The number of rotatable bonds is 4. The monoisotopic (exact) mass is 378 g/mol. The Morgan fingerprint density at radius 3 is 2.39 bits per heavy atom. The van der Waals surface area contributed by atoms with Crippen LogP contribution in [-0.2, 0) is 6.42 Å². The van der Waals surface area contributed by atoms with Crippen LogP contribution in [0.15, 0.2) is 48.5 Å². The van der Waals surface area contributed by atoms with Gasteiger partial charge in [0.15, 0.2) is 0 Å². The molecule has 5 heteroatoms. The van der Waals surface area contributed by atoms with Crippen LogP contribution in [0.25, 0.3) is 0 Å². The zero-order valence-corrected chi connectivity index (χ0v) is 16.8. The van der Waals surface area contributed by atoms with Gasteiger partial charge in [0.2, 0.25) is 0 Å². The average Bonchev–Trinajstić information content (AvgIpc) is 3.13. The molecular weight excluding hydrogens is 348 g/mol. The molecule has 0 aromatic heterocycles. The highest BCUT2D eigenvalue weighted by atomic mass is 16.2. The molecule has 2 aromatic rings. The van der Waals surface area contributed by atoms with E-state index in [1.807, 2.05) is 18.2 Å². The Bertz CT molecular complexity index is 827. The van der Waals surface area contributed by atoms with Crippen molar-refractivity contribution >= 4 is 23.1 Å². The van der Waals surface area contributed by atoms with Crippen LogP contribution < -0.4 is 15.5 Å². The topological polar surface area (TPSA) is 47.6 Å². The lowest BCUT2D eigenvalue weighted by atomic mass is 10.0. The largest absolute Gasteiger partial charge is 0.339 e. The van der Waals surface area contributed by atoms with Gasteiger partial charge in [-0.05, 0) is 56.9 Å². The summed E-state index contributed by atoms with van der Waals surface area (Å²) in [6, 6.07) is 17.3. The number of carbonyl (C=O) groups excluding carboxylic acids is 1. The molecular formula is C23H30N4O. The summed E-state index contributed by atoms with van der Waals surface area (Å²) in [6.07, 6.45) is 3.05. The van der Waals surface area contributed by atoms with Crippen molar-refractivity contribution in [1.82, 2.24) is 10.2 Å². The molecule has 2 aliphatic rings. The highest BCUT2D eigenvalue weighted by molar-refractivity contribution is 5.94. The number of benzene rings is 2. The summed E-state index contributed by atoms with van der Waals surface area (Å²) >= 11 is 0. The Labute approximate surface area is 167 Å². The van der Waals surface area contributed by atoms with Gasteiger partial charge < -0.3 is 20.4 Å². The van der Waals surface area contributed by atoms with E-state index in [1.165, 1.54) is 11.3 Å². The standard InChI is InChI=1S/C23H30N4O/c1-17(2)26-14-12-19(13-15-26)24-23(28)25-20-8-4-6-10-22(20)27-16-11-18-7-3-5-9-21(18)27/h3-10,17,19H,11-16H2,1-2H3,(H2,24,25,28). The molecule has 0 bridgehead atoms. The van der Waals surface area contributed by atoms with E-state index in [9.17, 15) is 4.79 Å². The first-order valence-electron chi connectivity index (χ1n) is 10.4. The molecule has 0 atom stereocenters. The van der Waals surface area contributed by atoms with Crippen molar-refractivity contribution in [3.8, 4) is 0 Å². The van der Waals surface area contributed by atoms with Gasteiger partial charge in [-0.1, -0.05) is 30.3 Å². The predicted molar refractivity (Wildman–Crippen MR) is 115 cm³/mol. The lowest BCUT2D eigenvalue weighted by Crippen LogP contribution is -2.47. The third-order valence-corrected chi connectivity index (χ3v) is 5.93. The molecule has 4 rings (SSSR count). The third-order valence-electron chi connectivity index (χ3n) is 5.93. The van der Waals surface area contributed by atoms with Crippen molar-refractivity contribution in [3.63, 3.8) is 0 Å². The molecule has 0 radical (unpaired) electrons. The van der Waals surface area contributed by atoms with E-state index in [-0.39, 0.29) is 12.1 Å². The minimum atomic E-state index is -0.108. The second-order valence-corrected chi connectivity index (χ2v) is 8.05. The van der Waals surface area contributed by atoms with Gasteiger partial charge in [-0.2, -0.15) is 0 Å². The fourth-order valence-corrected chi connectivity index (χ4v) is 4.31. The van der Waals surface area contributed by atoms with Crippen LogP contribution >= 0.6 is 0 Å². The maximum absolute atomic E-state index is 12.7. The van der Waals surface area contributed by atoms with Gasteiger partial charge in [0, 0.05) is 37.4 Å². The molecule has 2 aromatic carbocycles. The number of nitrogens with one attached hydrogen (secondary N) is 2. The molecule has 2 heterocycles. The van der Waals surface area contributed by atoms with Crippen LogP contribution in [0.1, 0.15) is 32.3 Å². The lowest BCUT2D eigenvalue weighted by Gasteiger charge is -2.34. The van der Waals surface area contributed by atoms with Crippen LogP contribution in [0.3, 0.4) is 0 Å². The van der Waals surface area contributed by atoms with E-state index in [2.05, 4.69) is 64.6 Å². The first-order valence-corrected chi connectivity index (χ1v) is 10.4. The van der Waals surface area contributed by atoms with E-state index >= 15 is 0 Å². The Balaban J connectivity index is 1.42. The van der Waals surface area contributed by atoms with Gasteiger partial charge in [-0.15, -0.1) is 0 Å². The van der Waals surface area contributed by atoms with E-state index < -0.39 is 0 Å². The molecule has 0 aliphatic carbocycles. The Kier molecular flexibility index (Phi) is 5.53. The van der Waals surface area contributed by atoms with E-state index in [0.717, 1.165) is 50.3 Å². The number of likely N-dealkylation sites (tertiary alicyclic amines) is 1. The highest BCUT2D eigenvalue weighted by Crippen LogP contribution is 2.38. The van der Waals surface area contributed by atoms with Crippen LogP contribution in [0, 0.1) is 0 Å². The second kappa shape index (κ2) is 8.23. The molecule has 2 aliphatic heterocycles. The lowest BCUT2D eigenvalue weighted by molar-refractivity contribution is 0.163. The maximum Gasteiger partial charge on any atom is 0.319 e. The summed E-state index contributed by atoms with van der Waals surface area (Å²) in [5.41, 5.74) is 4.51. The SMILES string of the molecule is CC(C)N1CCC(NC(=O)Nc2ccccc2N2CCc3ccccc32)CC1. The smallest absolute Gasteiger partial charge is 0.319 e. The summed E-state index contributed by atoms with van der Waals surface area (Å²) in [5, 5.41) is 6.26. The molecule has 1 fully saturated rings. The zero-order chi connectivity index (χ0) is 19.5. The fourth-order valence-electron chi connectivity index (χ4n) is 4.31. The van der Waals surface area contributed by atoms with Crippen molar-refractivity contribution in [1.29, 1.82) is 0 Å². The molecule has 2 N–H and O–H groups in total. The summed E-state index contributed by atoms with van der Waals surface area (Å²) in [6.45, 7) is 7.49. The quantitative estimate of drug-likeness (QED) is 0.830. The van der Waals surface area contributed by atoms with Gasteiger partial charge in [-0.3, -0.25) is 0 Å². The van der Waals surface area contributed by atoms with Crippen molar-refractivity contribution in [2.24, 2.45) is 0 Å². The highest BCUT2D eigenvalue weighted by Gasteiger charge is 2.24. The number of carbonyl (C=O) groups is 1. The number of nitrogens with zero attached hydrogens (tertiary/aromatic N) is 2. The molecule has 148 valence electrons. The van der Waals surface area contributed by atoms with Gasteiger partial charge in [0.05, 0.1) is 11.4 Å². The number of piperidine rings is 1. The number of fused-ring (bicyclic) bond motifs is 1. The van der Waals surface area contributed by atoms with Gasteiger partial charge in [0.25, 0.3) is 0 Å². The molecule has 2 amide bonds. The minimum Gasteiger partial charge on any atom is -0.339 e. The molecule has 5 nitrogen and oxygen atoms in total. The van der Waals surface area contributed by atoms with Crippen molar-refractivity contribution < 1.29 is 4.79 Å². The third kappa shape index (κ3) is 3.99. The van der Waals surface area contributed by atoms with Gasteiger partial charge in [0.1, 0.15) is 0 Å². The number of anilines is 3. The summed E-state index contributed by atoms with van der Waals surface area (Å²) in [4.78, 5) is 17.4. The molecule has 0 spiro atoms. The zero-order valence-electron chi connectivity index (χ0n) is 16.8. The fraction of sp³-hybridized carbons (Fsp3) is 0.435. The van der Waals surface area contributed by atoms with E-state index in [0.29, 0.717) is 6.04 Å². The van der Waals surface area contributed by atoms with Crippen molar-refractivity contribution in [2.45, 2.75) is 45.2 Å². The predicted octanol–water partition coefficient (Wildman–Crippen LogP) is 4.38. The van der Waals surface area contributed by atoms with Crippen LogP contribution in [0.2, 0.25) is 0 Å². The van der Waals surface area contributed by atoms with Crippen molar-refractivity contribution in [2.75, 3.05) is 29.9 Å². The Morgan fingerprint density at radius 2 is 1.64 bits per heavy atom. The Hall–Kier alpha value is -2.53. The number of amides is 2. The molecule has 28 heavy (non-hydrogen) atoms. The molecule has 1 saturated heterocycles. The van der Waals surface area contributed by atoms with Crippen LogP contribution in [0.5, 0.6) is 0 Å². The van der Waals surface area contributed by atoms with Crippen LogP contribution in [0.4, 0.5) is 21.9 Å². The van der Waals surface area contributed by atoms with E-state index in [4.69, 9.17) is 0 Å². The minimum absolute atomic E-state index is 0.108. The number of hydrogen-bond donors (Lipinski definition) is 2. The number of urea groups is 1. The first kappa shape index (κ1) is 18.8.